The first-order valence-electron chi connectivity index (χ1n) is 6.85. The van der Waals surface area contributed by atoms with Crippen molar-refractivity contribution in [2.24, 2.45) is 0 Å². The highest BCUT2D eigenvalue weighted by molar-refractivity contribution is 7.20. The van der Waals surface area contributed by atoms with Gasteiger partial charge in [0, 0.05) is 31.6 Å². The fourth-order valence-corrected chi connectivity index (χ4v) is 3.62. The highest BCUT2D eigenvalue weighted by atomic mass is 32.1. The summed E-state index contributed by atoms with van der Waals surface area (Å²) >= 11 is 1.03. The molecule has 1 aliphatic heterocycles. The third-order valence-electron chi connectivity index (χ3n) is 3.69. The summed E-state index contributed by atoms with van der Waals surface area (Å²) in [5.74, 6) is -0.129. The van der Waals surface area contributed by atoms with Gasteiger partial charge in [-0.05, 0) is 24.6 Å². The van der Waals surface area contributed by atoms with Crippen LogP contribution in [0.15, 0.2) is 12.1 Å². The predicted molar refractivity (Wildman–Crippen MR) is 78.1 cm³/mol. The van der Waals surface area contributed by atoms with E-state index in [-0.39, 0.29) is 10.7 Å². The van der Waals surface area contributed by atoms with Crippen molar-refractivity contribution in [3.8, 4) is 0 Å². The van der Waals surface area contributed by atoms with Gasteiger partial charge in [0.25, 0.3) is 5.91 Å². The van der Waals surface area contributed by atoms with Crippen molar-refractivity contribution in [3.05, 3.63) is 28.3 Å². The molecule has 1 aliphatic rings. The van der Waals surface area contributed by atoms with Gasteiger partial charge in [0.2, 0.25) is 0 Å². The molecule has 0 unspecified atom stereocenters. The summed E-state index contributed by atoms with van der Waals surface area (Å²) < 4.78 is 38.2. The van der Waals surface area contributed by atoms with Crippen molar-refractivity contribution in [2.45, 2.75) is 13.1 Å². The maximum absolute atomic E-state index is 12.7. The Kier molecular flexibility index (Phi) is 3.82. The fraction of sp³-hybridized carbons (Fsp3) is 0.429. The third kappa shape index (κ3) is 2.68. The Morgan fingerprint density at radius 2 is 2.00 bits per heavy atom. The lowest BCUT2D eigenvalue weighted by Crippen LogP contribution is -2.46. The van der Waals surface area contributed by atoms with Crippen molar-refractivity contribution in [1.82, 2.24) is 15.2 Å². The van der Waals surface area contributed by atoms with Crippen molar-refractivity contribution < 1.29 is 18.0 Å². The molecular weight excluding hydrogens is 315 g/mol. The van der Waals surface area contributed by atoms with Gasteiger partial charge in [-0.2, -0.15) is 13.2 Å². The monoisotopic (exact) mass is 329 g/mol. The number of alkyl halides is 3. The number of piperazine rings is 1. The van der Waals surface area contributed by atoms with Crippen molar-refractivity contribution >= 4 is 27.5 Å². The van der Waals surface area contributed by atoms with Crippen LogP contribution < -0.4 is 5.32 Å². The minimum absolute atomic E-state index is 0.129. The molecular formula is C14H14F3N3OS. The van der Waals surface area contributed by atoms with Crippen LogP contribution in [0.3, 0.4) is 0 Å². The number of carbonyl (C=O) groups excluding carboxylic acids is 1. The smallest absolute Gasteiger partial charge is 0.335 e. The van der Waals surface area contributed by atoms with Crippen LogP contribution in [0.1, 0.15) is 20.9 Å². The van der Waals surface area contributed by atoms with Gasteiger partial charge in [0.15, 0.2) is 0 Å². The Bertz CT molecular complexity index is 720. The minimum Gasteiger partial charge on any atom is -0.335 e. The van der Waals surface area contributed by atoms with Gasteiger partial charge in [-0.25, -0.2) is 4.98 Å². The van der Waals surface area contributed by atoms with E-state index in [0.717, 1.165) is 30.5 Å². The maximum atomic E-state index is 12.7. The Labute approximate surface area is 128 Å². The predicted octanol–water partition coefficient (Wildman–Crippen LogP) is 2.67. The quantitative estimate of drug-likeness (QED) is 0.875. The second-order valence-electron chi connectivity index (χ2n) is 5.15. The maximum Gasteiger partial charge on any atom is 0.433 e. The molecule has 0 radical (unpaired) electrons. The van der Waals surface area contributed by atoms with E-state index in [9.17, 15) is 18.0 Å². The van der Waals surface area contributed by atoms with E-state index in [4.69, 9.17) is 0 Å². The van der Waals surface area contributed by atoms with Crippen molar-refractivity contribution in [2.75, 3.05) is 26.2 Å². The number of nitrogens with zero attached hydrogens (tertiary/aromatic N) is 2. The number of nitrogens with one attached hydrogen (secondary N) is 1. The number of fused-ring (bicyclic) bond motifs is 1. The molecule has 0 aliphatic carbocycles. The molecule has 1 fully saturated rings. The van der Waals surface area contributed by atoms with Crippen LogP contribution in [0, 0.1) is 6.92 Å². The average molecular weight is 329 g/mol. The number of hydrogen-bond donors (Lipinski definition) is 1. The van der Waals surface area contributed by atoms with E-state index in [1.807, 2.05) is 0 Å². The van der Waals surface area contributed by atoms with E-state index in [2.05, 4.69) is 10.3 Å². The fourth-order valence-electron chi connectivity index (χ4n) is 2.47. The Morgan fingerprint density at radius 3 is 2.64 bits per heavy atom. The Hall–Kier alpha value is -1.67. The van der Waals surface area contributed by atoms with Crippen LogP contribution in [0.4, 0.5) is 13.2 Å². The number of halogens is 3. The third-order valence-corrected chi connectivity index (χ3v) is 4.88. The second kappa shape index (κ2) is 5.51. The van der Waals surface area contributed by atoms with Gasteiger partial charge >= 0.3 is 6.18 Å². The SMILES string of the molecule is Cc1c(C(=O)N2CCNCC2)sc2nc(C(F)(F)F)ccc12. The number of amides is 1. The molecule has 1 amide bonds. The van der Waals surface area contributed by atoms with E-state index < -0.39 is 11.9 Å². The van der Waals surface area contributed by atoms with Gasteiger partial charge < -0.3 is 10.2 Å². The summed E-state index contributed by atoms with van der Waals surface area (Å²) in [6, 6.07) is 2.35. The van der Waals surface area contributed by atoms with Gasteiger partial charge in [-0.1, -0.05) is 0 Å². The summed E-state index contributed by atoms with van der Waals surface area (Å²) in [5, 5.41) is 3.77. The number of rotatable bonds is 1. The summed E-state index contributed by atoms with van der Waals surface area (Å²) in [7, 11) is 0. The first kappa shape index (κ1) is 15.2. The summed E-state index contributed by atoms with van der Waals surface area (Å²) in [5.41, 5.74) is -0.229. The molecule has 8 heteroatoms. The lowest BCUT2D eigenvalue weighted by Gasteiger charge is -2.27. The van der Waals surface area contributed by atoms with Gasteiger partial charge in [-0.15, -0.1) is 11.3 Å². The van der Waals surface area contributed by atoms with Crippen molar-refractivity contribution in [1.29, 1.82) is 0 Å². The zero-order valence-corrected chi connectivity index (χ0v) is 12.6. The zero-order valence-electron chi connectivity index (χ0n) is 11.8. The van der Waals surface area contributed by atoms with E-state index in [0.29, 0.717) is 28.9 Å². The van der Waals surface area contributed by atoms with Gasteiger partial charge in [0.05, 0.1) is 4.88 Å². The summed E-state index contributed by atoms with van der Waals surface area (Å²) in [6.45, 7) is 4.42. The number of thiophene rings is 1. The molecule has 0 saturated carbocycles. The van der Waals surface area contributed by atoms with Crippen LogP contribution >= 0.6 is 11.3 Å². The molecule has 2 aromatic rings. The molecule has 118 valence electrons. The zero-order chi connectivity index (χ0) is 15.9. The molecule has 4 nitrogen and oxygen atoms in total. The standard InChI is InChI=1S/C14H14F3N3OS/c1-8-9-2-3-10(14(15,16)17)19-12(9)22-11(8)13(21)20-6-4-18-5-7-20/h2-3,18H,4-7H2,1H3. The minimum atomic E-state index is -4.48. The normalized spacial score (nSPS) is 16.3. The summed E-state index contributed by atoms with van der Waals surface area (Å²) in [6.07, 6.45) is -4.48. The second-order valence-corrected chi connectivity index (χ2v) is 6.14. The topological polar surface area (TPSA) is 45.2 Å². The number of aryl methyl sites for hydroxylation is 1. The molecule has 22 heavy (non-hydrogen) atoms. The Morgan fingerprint density at radius 1 is 1.32 bits per heavy atom. The van der Waals surface area contributed by atoms with Gasteiger partial charge in [-0.3, -0.25) is 4.79 Å². The van der Waals surface area contributed by atoms with Crippen LogP contribution in [-0.4, -0.2) is 42.0 Å². The van der Waals surface area contributed by atoms with Crippen molar-refractivity contribution in [3.63, 3.8) is 0 Å². The average Bonchev–Trinajstić information content (AvgIpc) is 2.83. The largest absolute Gasteiger partial charge is 0.433 e. The molecule has 3 heterocycles. The summed E-state index contributed by atoms with van der Waals surface area (Å²) in [4.78, 5) is 18.6. The number of carbonyl (C=O) groups is 1. The molecule has 0 spiro atoms. The van der Waals surface area contributed by atoms with Crippen LogP contribution in [0.5, 0.6) is 0 Å². The highest BCUT2D eigenvalue weighted by Gasteiger charge is 2.33. The number of aromatic nitrogens is 1. The number of hydrogen-bond acceptors (Lipinski definition) is 4. The van der Waals surface area contributed by atoms with Crippen LogP contribution in [0.25, 0.3) is 10.2 Å². The van der Waals surface area contributed by atoms with E-state index in [1.165, 1.54) is 6.07 Å². The molecule has 3 rings (SSSR count). The molecule has 1 saturated heterocycles. The Balaban J connectivity index is 2.00. The van der Waals surface area contributed by atoms with E-state index in [1.54, 1.807) is 11.8 Å². The van der Waals surface area contributed by atoms with Crippen LogP contribution in [-0.2, 0) is 6.18 Å². The molecule has 1 N–H and O–H groups in total. The molecule has 2 aromatic heterocycles. The van der Waals surface area contributed by atoms with Gasteiger partial charge in [0.1, 0.15) is 10.5 Å². The molecule has 0 aromatic carbocycles. The molecule has 0 bridgehead atoms. The number of pyridine rings is 1. The highest BCUT2D eigenvalue weighted by Crippen LogP contribution is 2.34. The lowest BCUT2D eigenvalue weighted by molar-refractivity contribution is -0.140. The lowest BCUT2D eigenvalue weighted by atomic mass is 10.1. The van der Waals surface area contributed by atoms with Crippen LogP contribution in [0.2, 0.25) is 0 Å². The first-order valence-corrected chi connectivity index (χ1v) is 7.67. The van der Waals surface area contributed by atoms with E-state index >= 15 is 0 Å². The first-order chi connectivity index (χ1) is 10.4. The molecule has 0 atom stereocenters.